The fourth-order valence-corrected chi connectivity index (χ4v) is 1.31. The molecule has 76 valence electrons. The average molecular weight is 202 g/mol. The van der Waals surface area contributed by atoms with Crippen LogP contribution in [0.25, 0.3) is 6.08 Å². The summed E-state index contributed by atoms with van der Waals surface area (Å²) in [5.41, 5.74) is 2.31. The molecule has 1 aliphatic heterocycles. The van der Waals surface area contributed by atoms with Gasteiger partial charge in [-0.25, -0.2) is 4.79 Å². The van der Waals surface area contributed by atoms with Gasteiger partial charge in [-0.2, -0.15) is 0 Å². The lowest BCUT2D eigenvalue weighted by Crippen LogP contribution is -2.22. The van der Waals surface area contributed by atoms with Crippen LogP contribution in [0, 0.1) is 6.92 Å². The predicted octanol–water partition coefficient (Wildman–Crippen LogP) is 1.18. The normalized spacial score (nSPS) is 17.8. The molecule has 0 aliphatic carbocycles. The van der Waals surface area contributed by atoms with Crippen molar-refractivity contribution in [1.82, 2.24) is 10.6 Å². The van der Waals surface area contributed by atoms with E-state index in [0.717, 1.165) is 11.1 Å². The molecule has 1 heterocycles. The Hall–Kier alpha value is -2.10. The molecular formula is C11H10N2O2. The molecule has 1 fully saturated rings. The molecule has 0 unspecified atom stereocenters. The Morgan fingerprint density at radius 2 is 1.73 bits per heavy atom. The van der Waals surface area contributed by atoms with Crippen LogP contribution < -0.4 is 10.6 Å². The van der Waals surface area contributed by atoms with E-state index >= 15 is 0 Å². The Morgan fingerprint density at radius 3 is 2.27 bits per heavy atom. The van der Waals surface area contributed by atoms with Gasteiger partial charge >= 0.3 is 6.03 Å². The monoisotopic (exact) mass is 202 g/mol. The molecule has 2 rings (SSSR count). The molecule has 1 aromatic carbocycles. The van der Waals surface area contributed by atoms with Crippen LogP contribution in [-0.2, 0) is 4.79 Å². The van der Waals surface area contributed by atoms with Gasteiger partial charge in [0, 0.05) is 0 Å². The molecule has 15 heavy (non-hydrogen) atoms. The fraction of sp³-hybridized carbons (Fsp3) is 0.0909. The second-order valence-electron chi connectivity index (χ2n) is 3.38. The Bertz CT molecular complexity index is 446. The topological polar surface area (TPSA) is 58.2 Å². The molecular weight excluding hydrogens is 192 g/mol. The third-order valence-electron chi connectivity index (χ3n) is 2.11. The van der Waals surface area contributed by atoms with Crippen molar-refractivity contribution in [2.45, 2.75) is 6.92 Å². The minimum atomic E-state index is -0.474. The number of carbonyl (C=O) groups excluding carboxylic acids is 2. The summed E-state index contributed by atoms with van der Waals surface area (Å²) in [6.45, 7) is 1.99. The number of hydrogen-bond acceptors (Lipinski definition) is 2. The van der Waals surface area contributed by atoms with Gasteiger partial charge in [-0.3, -0.25) is 10.1 Å². The lowest BCUT2D eigenvalue weighted by molar-refractivity contribution is -0.115. The van der Waals surface area contributed by atoms with Gasteiger partial charge in [-0.1, -0.05) is 29.8 Å². The van der Waals surface area contributed by atoms with Crippen LogP contribution in [0.5, 0.6) is 0 Å². The molecule has 1 saturated heterocycles. The molecule has 4 heteroatoms. The largest absolute Gasteiger partial charge is 0.326 e. The van der Waals surface area contributed by atoms with E-state index in [1.807, 2.05) is 31.2 Å². The number of imide groups is 1. The maximum atomic E-state index is 11.2. The standard InChI is InChI=1S/C11H10N2O2/c1-7-2-4-8(5-3-7)6-9-10(14)13-11(15)12-9/h2-6H,1H3,(H2,12,13,14,15)/b9-6-. The quantitative estimate of drug-likeness (QED) is 0.530. The van der Waals surface area contributed by atoms with Crippen molar-refractivity contribution in [3.63, 3.8) is 0 Å². The van der Waals surface area contributed by atoms with Crippen molar-refractivity contribution in [1.29, 1.82) is 0 Å². The second kappa shape index (κ2) is 3.57. The van der Waals surface area contributed by atoms with Crippen molar-refractivity contribution in [2.75, 3.05) is 0 Å². The van der Waals surface area contributed by atoms with E-state index in [-0.39, 0.29) is 11.6 Å². The maximum Gasteiger partial charge on any atom is 0.326 e. The van der Waals surface area contributed by atoms with Crippen molar-refractivity contribution in [2.24, 2.45) is 0 Å². The highest BCUT2D eigenvalue weighted by atomic mass is 16.2. The van der Waals surface area contributed by atoms with Gasteiger partial charge in [-0.05, 0) is 18.6 Å². The first-order chi connectivity index (χ1) is 7.15. The van der Waals surface area contributed by atoms with Gasteiger partial charge in [0.1, 0.15) is 5.70 Å². The van der Waals surface area contributed by atoms with Gasteiger partial charge in [0.05, 0.1) is 0 Å². The molecule has 0 radical (unpaired) electrons. The summed E-state index contributed by atoms with van der Waals surface area (Å²) in [6.07, 6.45) is 1.64. The minimum absolute atomic E-state index is 0.281. The third-order valence-corrected chi connectivity index (χ3v) is 2.11. The van der Waals surface area contributed by atoms with Crippen LogP contribution in [0.2, 0.25) is 0 Å². The molecule has 0 spiro atoms. The summed E-state index contributed by atoms with van der Waals surface area (Å²) >= 11 is 0. The summed E-state index contributed by atoms with van der Waals surface area (Å²) < 4.78 is 0. The smallest absolute Gasteiger partial charge is 0.303 e. The first-order valence-corrected chi connectivity index (χ1v) is 4.56. The van der Waals surface area contributed by atoms with Gasteiger partial charge in [0.15, 0.2) is 0 Å². The van der Waals surface area contributed by atoms with Gasteiger partial charge < -0.3 is 5.32 Å². The number of carbonyl (C=O) groups is 2. The molecule has 0 aromatic heterocycles. The van der Waals surface area contributed by atoms with Gasteiger partial charge in [0.2, 0.25) is 0 Å². The zero-order valence-electron chi connectivity index (χ0n) is 8.20. The van der Waals surface area contributed by atoms with E-state index in [4.69, 9.17) is 0 Å². The number of aryl methyl sites for hydroxylation is 1. The molecule has 4 nitrogen and oxygen atoms in total. The average Bonchev–Trinajstić information content (AvgIpc) is 2.49. The number of rotatable bonds is 1. The van der Waals surface area contributed by atoms with Crippen molar-refractivity contribution in [3.05, 3.63) is 41.1 Å². The van der Waals surface area contributed by atoms with Crippen LogP contribution >= 0.6 is 0 Å². The lowest BCUT2D eigenvalue weighted by Gasteiger charge is -1.96. The van der Waals surface area contributed by atoms with Crippen molar-refractivity contribution >= 4 is 18.0 Å². The fourth-order valence-electron chi connectivity index (χ4n) is 1.31. The van der Waals surface area contributed by atoms with Crippen LogP contribution in [0.1, 0.15) is 11.1 Å². The Kier molecular flexibility index (Phi) is 2.25. The molecule has 3 amide bonds. The Balaban J connectivity index is 2.27. The maximum absolute atomic E-state index is 11.2. The molecule has 1 aliphatic rings. The zero-order valence-corrected chi connectivity index (χ0v) is 8.20. The summed E-state index contributed by atoms with van der Waals surface area (Å²) in [5, 5.41) is 4.57. The lowest BCUT2D eigenvalue weighted by atomic mass is 10.1. The highest BCUT2D eigenvalue weighted by molar-refractivity contribution is 6.13. The molecule has 0 atom stereocenters. The van der Waals surface area contributed by atoms with Crippen LogP contribution in [-0.4, -0.2) is 11.9 Å². The van der Waals surface area contributed by atoms with E-state index < -0.39 is 6.03 Å². The third kappa shape index (κ3) is 2.04. The number of benzene rings is 1. The second-order valence-corrected chi connectivity index (χ2v) is 3.38. The molecule has 1 aromatic rings. The number of nitrogens with one attached hydrogen (secondary N) is 2. The van der Waals surface area contributed by atoms with Crippen LogP contribution in [0.15, 0.2) is 30.0 Å². The van der Waals surface area contributed by atoms with E-state index in [0.29, 0.717) is 0 Å². The van der Waals surface area contributed by atoms with Gasteiger partial charge in [0.25, 0.3) is 5.91 Å². The Labute approximate surface area is 87.0 Å². The summed E-state index contributed by atoms with van der Waals surface area (Å²) in [7, 11) is 0. The summed E-state index contributed by atoms with van der Waals surface area (Å²) in [6, 6.07) is 7.20. The zero-order chi connectivity index (χ0) is 10.8. The number of amides is 3. The highest BCUT2D eigenvalue weighted by Gasteiger charge is 2.22. The van der Waals surface area contributed by atoms with E-state index in [9.17, 15) is 9.59 Å². The Morgan fingerprint density at radius 1 is 1.07 bits per heavy atom. The number of urea groups is 1. The SMILES string of the molecule is Cc1ccc(/C=C2\NC(=O)NC2=O)cc1. The minimum Gasteiger partial charge on any atom is -0.303 e. The van der Waals surface area contributed by atoms with E-state index in [2.05, 4.69) is 10.6 Å². The summed E-state index contributed by atoms with van der Waals surface area (Å²) in [4.78, 5) is 22.0. The highest BCUT2D eigenvalue weighted by Crippen LogP contribution is 2.09. The van der Waals surface area contributed by atoms with Crippen molar-refractivity contribution in [3.8, 4) is 0 Å². The first-order valence-electron chi connectivity index (χ1n) is 4.56. The van der Waals surface area contributed by atoms with Crippen LogP contribution in [0.4, 0.5) is 4.79 Å². The number of hydrogen-bond donors (Lipinski definition) is 2. The molecule has 0 saturated carbocycles. The van der Waals surface area contributed by atoms with E-state index in [1.54, 1.807) is 6.08 Å². The van der Waals surface area contributed by atoms with E-state index in [1.165, 1.54) is 0 Å². The predicted molar refractivity (Wildman–Crippen MR) is 55.8 cm³/mol. The van der Waals surface area contributed by atoms with Gasteiger partial charge in [-0.15, -0.1) is 0 Å². The van der Waals surface area contributed by atoms with Crippen molar-refractivity contribution < 1.29 is 9.59 Å². The van der Waals surface area contributed by atoms with Crippen LogP contribution in [0.3, 0.4) is 0 Å². The molecule has 0 bridgehead atoms. The summed E-state index contributed by atoms with van der Waals surface area (Å²) in [5.74, 6) is -0.388. The first kappa shape index (κ1) is 9.45. The molecule has 2 N–H and O–H groups in total.